The molecular weight excluding hydrogens is 383 g/mol. The molecule has 0 saturated heterocycles. The summed E-state index contributed by atoms with van der Waals surface area (Å²) in [6, 6.07) is 11.4. The molecule has 140 valence electrons. The van der Waals surface area contributed by atoms with Crippen LogP contribution in [0.25, 0.3) is 11.4 Å². The Balaban J connectivity index is 1.63. The predicted molar refractivity (Wildman–Crippen MR) is 93.0 cm³/mol. The maximum absolute atomic E-state index is 12.8. The van der Waals surface area contributed by atoms with Gasteiger partial charge in [-0.1, -0.05) is 35.9 Å². The van der Waals surface area contributed by atoms with Crippen LogP contribution in [0.5, 0.6) is 0 Å². The van der Waals surface area contributed by atoms with Crippen LogP contribution in [0, 0.1) is 0 Å². The molecule has 0 unspecified atom stereocenters. The number of alkyl halides is 3. The van der Waals surface area contributed by atoms with Crippen molar-refractivity contribution in [1.29, 1.82) is 0 Å². The number of carbonyl (C=O) groups is 1. The van der Waals surface area contributed by atoms with Gasteiger partial charge in [0, 0.05) is 12.0 Å². The zero-order chi connectivity index (χ0) is 19.4. The molecule has 10 heteroatoms. The van der Waals surface area contributed by atoms with Crippen LogP contribution in [0.4, 0.5) is 18.9 Å². The largest absolute Gasteiger partial charge is 0.416 e. The summed E-state index contributed by atoms with van der Waals surface area (Å²) in [5.74, 6) is -0.256. The summed E-state index contributed by atoms with van der Waals surface area (Å²) in [7, 11) is 0. The fourth-order valence-electron chi connectivity index (χ4n) is 2.26. The number of amides is 1. The summed E-state index contributed by atoms with van der Waals surface area (Å²) in [6.45, 7) is 0.113. The first-order valence-corrected chi connectivity index (χ1v) is 8.20. The van der Waals surface area contributed by atoms with Crippen molar-refractivity contribution >= 4 is 23.2 Å². The molecule has 27 heavy (non-hydrogen) atoms. The zero-order valence-corrected chi connectivity index (χ0v) is 14.5. The average Bonchev–Trinajstić information content (AvgIpc) is 3.10. The first kappa shape index (κ1) is 18.8. The molecule has 0 bridgehead atoms. The van der Waals surface area contributed by atoms with Crippen LogP contribution in [0.2, 0.25) is 5.02 Å². The van der Waals surface area contributed by atoms with Crippen molar-refractivity contribution in [2.45, 2.75) is 19.1 Å². The molecule has 0 fully saturated rings. The van der Waals surface area contributed by atoms with Crippen LogP contribution < -0.4 is 5.32 Å². The van der Waals surface area contributed by atoms with Crippen LogP contribution in [0.1, 0.15) is 12.0 Å². The number of aromatic nitrogens is 4. The summed E-state index contributed by atoms with van der Waals surface area (Å²) in [5.41, 5.74) is -0.118. The van der Waals surface area contributed by atoms with Gasteiger partial charge in [0.15, 0.2) is 0 Å². The number of anilines is 1. The first-order chi connectivity index (χ1) is 12.8. The Kier molecular flexibility index (Phi) is 5.41. The number of benzene rings is 2. The zero-order valence-electron chi connectivity index (χ0n) is 13.7. The van der Waals surface area contributed by atoms with Gasteiger partial charge in [0.1, 0.15) is 0 Å². The minimum atomic E-state index is -4.46. The van der Waals surface area contributed by atoms with E-state index in [-0.39, 0.29) is 30.3 Å². The van der Waals surface area contributed by atoms with Crippen LogP contribution in [0.15, 0.2) is 48.5 Å². The Hall–Kier alpha value is -2.94. The highest BCUT2D eigenvalue weighted by Gasteiger charge is 2.30. The van der Waals surface area contributed by atoms with Gasteiger partial charge in [0.05, 0.1) is 22.8 Å². The topological polar surface area (TPSA) is 72.7 Å². The third kappa shape index (κ3) is 4.82. The summed E-state index contributed by atoms with van der Waals surface area (Å²) in [5, 5.41) is 14.6. The Morgan fingerprint density at radius 2 is 1.93 bits per heavy atom. The molecule has 0 radical (unpaired) electrons. The Labute approximate surface area is 157 Å². The van der Waals surface area contributed by atoms with Crippen LogP contribution in [-0.4, -0.2) is 26.1 Å². The molecule has 0 aliphatic carbocycles. The number of carbonyl (C=O) groups excluding carboxylic acids is 1. The highest BCUT2D eigenvalue weighted by Crippen LogP contribution is 2.31. The Bertz CT molecular complexity index is 957. The summed E-state index contributed by atoms with van der Waals surface area (Å²) in [4.78, 5) is 13.1. The van der Waals surface area contributed by atoms with Crippen molar-refractivity contribution in [1.82, 2.24) is 20.2 Å². The number of nitrogens with one attached hydrogen (secondary N) is 1. The maximum Gasteiger partial charge on any atom is 0.416 e. The van der Waals surface area contributed by atoms with Crippen molar-refractivity contribution < 1.29 is 18.0 Å². The van der Waals surface area contributed by atoms with Crippen molar-refractivity contribution in [3.63, 3.8) is 0 Å². The second-order valence-corrected chi connectivity index (χ2v) is 5.97. The Morgan fingerprint density at radius 1 is 1.15 bits per heavy atom. The second-order valence-electron chi connectivity index (χ2n) is 5.57. The number of hydrogen-bond acceptors (Lipinski definition) is 4. The molecule has 0 spiro atoms. The molecule has 3 aromatic rings. The second kappa shape index (κ2) is 7.75. The summed E-state index contributed by atoms with van der Waals surface area (Å²) >= 11 is 5.97. The SMILES string of the molecule is O=C(CCn1nnc(-c2cccc(C(F)(F)F)c2)n1)Nc1ccccc1Cl. The van der Waals surface area contributed by atoms with Gasteiger partial charge in [-0.2, -0.15) is 18.0 Å². The van der Waals surface area contributed by atoms with E-state index in [0.717, 1.165) is 16.9 Å². The summed E-state index contributed by atoms with van der Waals surface area (Å²) in [6.07, 6.45) is -4.41. The van der Waals surface area contributed by atoms with Crippen LogP contribution >= 0.6 is 11.6 Å². The number of hydrogen-bond donors (Lipinski definition) is 1. The molecule has 0 saturated carbocycles. The lowest BCUT2D eigenvalue weighted by atomic mass is 10.1. The predicted octanol–water partition coefficient (Wildman–Crippen LogP) is 4.04. The lowest BCUT2D eigenvalue weighted by Gasteiger charge is -2.07. The fourth-order valence-corrected chi connectivity index (χ4v) is 2.45. The van der Waals surface area contributed by atoms with Gasteiger partial charge in [-0.3, -0.25) is 4.79 Å². The standard InChI is InChI=1S/C17H13ClF3N5O/c18-13-6-1-2-7-14(13)22-15(27)8-9-26-24-16(23-25-26)11-4-3-5-12(10-11)17(19,20)21/h1-7,10H,8-9H2,(H,22,27). The molecule has 6 nitrogen and oxygen atoms in total. The van der Waals surface area contributed by atoms with E-state index in [1.165, 1.54) is 12.1 Å². The van der Waals surface area contributed by atoms with Gasteiger partial charge in [-0.25, -0.2) is 0 Å². The van der Waals surface area contributed by atoms with E-state index in [9.17, 15) is 18.0 Å². The van der Waals surface area contributed by atoms with Gasteiger partial charge in [-0.15, -0.1) is 10.2 Å². The highest BCUT2D eigenvalue weighted by atomic mass is 35.5. The number of nitrogens with zero attached hydrogens (tertiary/aromatic N) is 4. The number of rotatable bonds is 5. The van der Waals surface area contributed by atoms with Crippen molar-refractivity contribution in [3.05, 3.63) is 59.1 Å². The van der Waals surface area contributed by atoms with Crippen LogP contribution in [-0.2, 0) is 17.5 Å². The molecule has 3 rings (SSSR count). The lowest BCUT2D eigenvalue weighted by molar-refractivity contribution is -0.137. The van der Waals surface area contributed by atoms with E-state index in [2.05, 4.69) is 20.7 Å². The van der Waals surface area contributed by atoms with Gasteiger partial charge in [0.2, 0.25) is 11.7 Å². The van der Waals surface area contributed by atoms with E-state index in [0.29, 0.717) is 10.7 Å². The van der Waals surface area contributed by atoms with Crippen LogP contribution in [0.3, 0.4) is 0 Å². The number of halogens is 4. The van der Waals surface area contributed by atoms with Gasteiger partial charge in [-0.05, 0) is 29.5 Å². The third-order valence-electron chi connectivity index (χ3n) is 3.59. The minimum Gasteiger partial charge on any atom is -0.325 e. The molecule has 1 aromatic heterocycles. The number of tetrazole rings is 1. The molecule has 0 atom stereocenters. The molecule has 0 aliphatic rings. The van der Waals surface area contributed by atoms with E-state index in [4.69, 9.17) is 11.6 Å². The molecule has 1 amide bonds. The van der Waals surface area contributed by atoms with Gasteiger partial charge in [0.25, 0.3) is 0 Å². The monoisotopic (exact) mass is 395 g/mol. The van der Waals surface area contributed by atoms with Gasteiger partial charge < -0.3 is 5.32 Å². The molecular formula is C17H13ClF3N5O. The number of aryl methyl sites for hydroxylation is 1. The van der Waals surface area contributed by atoms with Crippen molar-refractivity contribution in [2.24, 2.45) is 0 Å². The first-order valence-electron chi connectivity index (χ1n) is 7.83. The molecule has 1 N–H and O–H groups in total. The lowest BCUT2D eigenvalue weighted by Crippen LogP contribution is -2.16. The Morgan fingerprint density at radius 3 is 2.67 bits per heavy atom. The average molecular weight is 396 g/mol. The number of para-hydroxylation sites is 1. The van der Waals surface area contributed by atoms with E-state index < -0.39 is 11.7 Å². The van der Waals surface area contributed by atoms with E-state index in [1.807, 2.05) is 0 Å². The summed E-state index contributed by atoms with van der Waals surface area (Å²) < 4.78 is 38.4. The van der Waals surface area contributed by atoms with Crippen molar-refractivity contribution in [2.75, 3.05) is 5.32 Å². The third-order valence-corrected chi connectivity index (χ3v) is 3.92. The van der Waals surface area contributed by atoms with E-state index >= 15 is 0 Å². The van der Waals surface area contributed by atoms with Gasteiger partial charge >= 0.3 is 6.18 Å². The quantitative estimate of drug-likeness (QED) is 0.707. The molecule has 2 aromatic carbocycles. The normalized spacial score (nSPS) is 11.4. The fraction of sp³-hybridized carbons (Fsp3) is 0.176. The van der Waals surface area contributed by atoms with Crippen molar-refractivity contribution in [3.8, 4) is 11.4 Å². The maximum atomic E-state index is 12.8. The molecule has 0 aliphatic heterocycles. The molecule has 1 heterocycles. The highest BCUT2D eigenvalue weighted by molar-refractivity contribution is 6.33. The smallest absolute Gasteiger partial charge is 0.325 e. The van der Waals surface area contributed by atoms with E-state index in [1.54, 1.807) is 24.3 Å². The minimum absolute atomic E-state index is 0.0453.